The van der Waals surface area contributed by atoms with Gasteiger partial charge in [0, 0.05) is 31.2 Å². The van der Waals surface area contributed by atoms with Crippen LogP contribution in [-0.2, 0) is 4.79 Å². The first-order chi connectivity index (χ1) is 14.0. The molecule has 1 amide bonds. The molecule has 1 N–H and O–H groups in total. The van der Waals surface area contributed by atoms with E-state index in [0.29, 0.717) is 6.54 Å². The number of aryl methyl sites for hydroxylation is 2. The first kappa shape index (κ1) is 19.1. The molecule has 1 aliphatic heterocycles. The second-order valence-electron chi connectivity index (χ2n) is 7.62. The van der Waals surface area contributed by atoms with Crippen LogP contribution in [0.25, 0.3) is 5.82 Å². The first-order valence-electron chi connectivity index (χ1n) is 9.99. The van der Waals surface area contributed by atoms with Gasteiger partial charge >= 0.3 is 0 Å². The number of nitrogens with zero attached hydrogens (tertiary/aromatic N) is 5. The number of hydrogen-bond donors (Lipinski definition) is 1. The molecule has 1 unspecified atom stereocenters. The number of piperidine rings is 1. The maximum absolute atomic E-state index is 12.9. The summed E-state index contributed by atoms with van der Waals surface area (Å²) in [5.41, 5.74) is 3.19. The van der Waals surface area contributed by atoms with E-state index in [4.69, 9.17) is 0 Å². The molecule has 7 nitrogen and oxygen atoms in total. The summed E-state index contributed by atoms with van der Waals surface area (Å²) in [6.45, 7) is 7.55. The number of benzene rings is 1. The van der Waals surface area contributed by atoms with Crippen molar-refractivity contribution in [3.05, 3.63) is 59.7 Å². The van der Waals surface area contributed by atoms with E-state index in [9.17, 15) is 4.79 Å². The van der Waals surface area contributed by atoms with Crippen LogP contribution < -0.4 is 10.2 Å². The minimum absolute atomic E-state index is 0.0685. The molecular weight excluding hydrogens is 364 g/mol. The van der Waals surface area contributed by atoms with Crippen LogP contribution in [0.15, 0.2) is 42.7 Å². The van der Waals surface area contributed by atoms with Crippen LogP contribution in [0.1, 0.15) is 29.8 Å². The highest BCUT2D eigenvalue weighted by atomic mass is 16.1. The summed E-state index contributed by atoms with van der Waals surface area (Å²) in [5, 5.41) is 11.9. The Morgan fingerprint density at radius 2 is 1.90 bits per heavy atom. The minimum Gasteiger partial charge on any atom is -0.354 e. The third-order valence-electron chi connectivity index (χ3n) is 5.69. The molecule has 1 atom stereocenters. The van der Waals surface area contributed by atoms with Gasteiger partial charge in [0.2, 0.25) is 5.91 Å². The Hall–Kier alpha value is -3.22. The molecule has 29 heavy (non-hydrogen) atoms. The molecule has 1 saturated heterocycles. The van der Waals surface area contributed by atoms with Crippen molar-refractivity contribution in [1.82, 2.24) is 19.7 Å². The summed E-state index contributed by atoms with van der Waals surface area (Å²) < 4.78 is 1.90. The molecule has 0 radical (unpaired) electrons. The van der Waals surface area contributed by atoms with Crippen molar-refractivity contribution >= 4 is 17.4 Å². The lowest BCUT2D eigenvalue weighted by Crippen LogP contribution is -2.41. The summed E-state index contributed by atoms with van der Waals surface area (Å²) in [6.07, 6.45) is 5.45. The summed E-state index contributed by atoms with van der Waals surface area (Å²) >= 11 is 0. The second kappa shape index (κ2) is 8.03. The summed E-state index contributed by atoms with van der Waals surface area (Å²) in [6, 6.07) is 9.90. The fourth-order valence-corrected chi connectivity index (χ4v) is 3.76. The van der Waals surface area contributed by atoms with Crippen molar-refractivity contribution in [2.45, 2.75) is 33.6 Å². The fraction of sp³-hybridized carbons (Fsp3) is 0.364. The molecule has 150 valence electrons. The Morgan fingerprint density at radius 3 is 2.62 bits per heavy atom. The molecule has 1 fully saturated rings. The maximum atomic E-state index is 12.9. The number of carbonyl (C=O) groups excluding carboxylic acids is 1. The number of amides is 1. The lowest BCUT2D eigenvalue weighted by molar-refractivity contribution is -0.120. The van der Waals surface area contributed by atoms with E-state index in [2.05, 4.69) is 38.4 Å². The highest BCUT2D eigenvalue weighted by molar-refractivity contribution is 5.93. The quantitative estimate of drug-likeness (QED) is 0.738. The largest absolute Gasteiger partial charge is 0.354 e. The predicted molar refractivity (Wildman–Crippen MR) is 113 cm³/mol. The third kappa shape index (κ3) is 3.99. The van der Waals surface area contributed by atoms with E-state index in [1.807, 2.05) is 48.9 Å². The van der Waals surface area contributed by atoms with E-state index in [1.165, 1.54) is 5.56 Å². The van der Waals surface area contributed by atoms with E-state index in [0.717, 1.165) is 48.1 Å². The molecule has 0 bridgehead atoms. The summed E-state index contributed by atoms with van der Waals surface area (Å²) in [7, 11) is 0. The van der Waals surface area contributed by atoms with Gasteiger partial charge in [-0.15, -0.1) is 10.2 Å². The van der Waals surface area contributed by atoms with Crippen molar-refractivity contribution in [2.24, 2.45) is 5.92 Å². The molecule has 0 spiro atoms. The Kier molecular flexibility index (Phi) is 5.29. The second-order valence-corrected chi connectivity index (χ2v) is 7.62. The van der Waals surface area contributed by atoms with Gasteiger partial charge in [0.1, 0.15) is 5.82 Å². The number of nitrogens with one attached hydrogen (secondary N) is 1. The Bertz CT molecular complexity index is 1010. The van der Waals surface area contributed by atoms with Crippen molar-refractivity contribution in [2.75, 3.05) is 23.3 Å². The predicted octanol–water partition coefficient (Wildman–Crippen LogP) is 3.44. The summed E-state index contributed by atoms with van der Waals surface area (Å²) in [4.78, 5) is 19.2. The molecule has 2 aromatic heterocycles. The van der Waals surface area contributed by atoms with Crippen molar-refractivity contribution in [3.63, 3.8) is 0 Å². The van der Waals surface area contributed by atoms with Gasteiger partial charge in [-0.1, -0.05) is 12.1 Å². The van der Waals surface area contributed by atoms with Crippen LogP contribution in [0.2, 0.25) is 0 Å². The van der Waals surface area contributed by atoms with E-state index >= 15 is 0 Å². The van der Waals surface area contributed by atoms with Gasteiger partial charge in [0.15, 0.2) is 11.6 Å². The molecule has 4 rings (SSSR count). The average molecular weight is 390 g/mol. The van der Waals surface area contributed by atoms with Gasteiger partial charge in [0.05, 0.1) is 5.92 Å². The van der Waals surface area contributed by atoms with Gasteiger partial charge < -0.3 is 10.2 Å². The molecule has 7 heteroatoms. The molecule has 3 heterocycles. The summed E-state index contributed by atoms with van der Waals surface area (Å²) in [5.74, 6) is 2.41. The zero-order chi connectivity index (χ0) is 20.4. The van der Waals surface area contributed by atoms with E-state index < -0.39 is 0 Å². The monoisotopic (exact) mass is 390 g/mol. The van der Waals surface area contributed by atoms with Crippen LogP contribution >= 0.6 is 0 Å². The zero-order valence-electron chi connectivity index (χ0n) is 17.1. The van der Waals surface area contributed by atoms with Gasteiger partial charge in [-0.2, -0.15) is 0 Å². The van der Waals surface area contributed by atoms with Gasteiger partial charge in [0.25, 0.3) is 0 Å². The van der Waals surface area contributed by atoms with Crippen LogP contribution in [0, 0.1) is 26.7 Å². The Morgan fingerprint density at radius 1 is 1.10 bits per heavy atom. The van der Waals surface area contributed by atoms with Gasteiger partial charge in [-0.05, 0) is 62.9 Å². The molecule has 3 aromatic rings. The minimum atomic E-state index is -0.0685. The highest BCUT2D eigenvalue weighted by Gasteiger charge is 2.27. The van der Waals surface area contributed by atoms with Crippen molar-refractivity contribution in [1.29, 1.82) is 0 Å². The van der Waals surface area contributed by atoms with E-state index in [-0.39, 0.29) is 11.8 Å². The molecule has 1 aromatic carbocycles. The van der Waals surface area contributed by atoms with Gasteiger partial charge in [-0.25, -0.2) is 4.98 Å². The SMILES string of the molecule is Cc1cccc(NC(=O)C2CCCN(c3ccc(-n4ccnc4C)nn3)C2)c1C. The number of hydrogen-bond acceptors (Lipinski definition) is 5. The van der Waals surface area contributed by atoms with Gasteiger partial charge in [-0.3, -0.25) is 9.36 Å². The number of carbonyl (C=O) groups is 1. The Labute approximate surface area is 170 Å². The van der Waals surface area contributed by atoms with E-state index in [1.54, 1.807) is 6.20 Å². The van der Waals surface area contributed by atoms with Crippen LogP contribution in [0.4, 0.5) is 11.5 Å². The zero-order valence-corrected chi connectivity index (χ0v) is 17.1. The number of rotatable bonds is 4. The van der Waals surface area contributed by atoms with Crippen molar-refractivity contribution in [3.8, 4) is 5.82 Å². The first-order valence-corrected chi connectivity index (χ1v) is 9.99. The molecule has 1 aliphatic rings. The number of anilines is 2. The van der Waals surface area contributed by atoms with Crippen molar-refractivity contribution < 1.29 is 4.79 Å². The molecule has 0 saturated carbocycles. The Balaban J connectivity index is 1.44. The third-order valence-corrected chi connectivity index (χ3v) is 5.69. The van der Waals surface area contributed by atoms with Crippen LogP contribution in [-0.4, -0.2) is 38.7 Å². The normalized spacial score (nSPS) is 16.7. The smallest absolute Gasteiger partial charge is 0.229 e. The standard InChI is InChI=1S/C22H26N6O/c1-15-6-4-8-19(16(15)2)24-22(29)18-7-5-12-27(14-18)20-9-10-21(26-25-20)28-13-11-23-17(28)3/h4,6,8-11,13,18H,5,7,12,14H2,1-3H3,(H,24,29). The fourth-order valence-electron chi connectivity index (χ4n) is 3.76. The highest BCUT2D eigenvalue weighted by Crippen LogP contribution is 2.24. The molecular formula is C22H26N6O. The topological polar surface area (TPSA) is 75.9 Å². The number of aromatic nitrogens is 4. The molecule has 0 aliphatic carbocycles. The lowest BCUT2D eigenvalue weighted by Gasteiger charge is -2.32. The average Bonchev–Trinajstić information content (AvgIpc) is 3.17. The van der Waals surface area contributed by atoms with Crippen LogP contribution in [0.3, 0.4) is 0 Å². The maximum Gasteiger partial charge on any atom is 0.229 e. The van der Waals surface area contributed by atoms with Crippen LogP contribution in [0.5, 0.6) is 0 Å². The lowest BCUT2D eigenvalue weighted by atomic mass is 9.96. The number of imidazole rings is 1.